The summed E-state index contributed by atoms with van der Waals surface area (Å²) < 4.78 is 25.3. The lowest BCUT2D eigenvalue weighted by Crippen LogP contribution is -2.20. The fourth-order valence-electron chi connectivity index (χ4n) is 2.76. The molecule has 1 heterocycles. The third-order valence-electron chi connectivity index (χ3n) is 4.40. The Bertz CT molecular complexity index is 1020. The molecule has 3 rings (SSSR count). The highest BCUT2D eigenvalue weighted by Gasteiger charge is 2.23. The van der Waals surface area contributed by atoms with Gasteiger partial charge in [0.15, 0.2) is 9.84 Å². The van der Waals surface area contributed by atoms with Crippen LogP contribution in [0.4, 0.5) is 11.4 Å². The Morgan fingerprint density at radius 2 is 2.04 bits per heavy atom. The Labute approximate surface area is 169 Å². The Hall–Kier alpha value is -2.32. The van der Waals surface area contributed by atoms with Crippen molar-refractivity contribution in [3.8, 4) is 0 Å². The number of rotatable bonds is 5. The molecule has 0 saturated heterocycles. The highest BCUT2D eigenvalue weighted by atomic mass is 32.2. The smallest absolute Gasteiger partial charge is 0.228 e. The molecule has 1 aliphatic rings. The van der Waals surface area contributed by atoms with E-state index in [0.717, 1.165) is 10.5 Å². The second-order valence-corrected chi connectivity index (χ2v) is 10.0. The molecule has 2 aromatic rings. The normalized spacial score (nSPS) is 16.6. The summed E-state index contributed by atoms with van der Waals surface area (Å²) in [4.78, 5) is 25.1. The summed E-state index contributed by atoms with van der Waals surface area (Å²) in [5.74, 6) is -0.298. The minimum absolute atomic E-state index is 0.102. The molecule has 6 nitrogen and oxygen atoms in total. The van der Waals surface area contributed by atoms with Crippen LogP contribution in [0.25, 0.3) is 0 Å². The van der Waals surface area contributed by atoms with E-state index in [4.69, 9.17) is 0 Å². The highest BCUT2D eigenvalue weighted by Crippen LogP contribution is 2.34. The van der Waals surface area contributed by atoms with E-state index in [1.807, 2.05) is 32.0 Å². The van der Waals surface area contributed by atoms with Crippen LogP contribution in [0.3, 0.4) is 0 Å². The van der Waals surface area contributed by atoms with E-state index in [9.17, 15) is 18.0 Å². The third kappa shape index (κ3) is 4.94. The van der Waals surface area contributed by atoms with E-state index in [1.54, 1.807) is 12.1 Å². The largest absolute Gasteiger partial charge is 0.326 e. The summed E-state index contributed by atoms with van der Waals surface area (Å²) in [7, 11) is -3.65. The van der Waals surface area contributed by atoms with E-state index in [-0.39, 0.29) is 34.8 Å². The summed E-state index contributed by atoms with van der Waals surface area (Å²) >= 11 is 1.52. The van der Waals surface area contributed by atoms with Crippen molar-refractivity contribution in [1.29, 1.82) is 0 Å². The number of amides is 2. The second kappa shape index (κ2) is 8.36. The van der Waals surface area contributed by atoms with Gasteiger partial charge in [-0.3, -0.25) is 9.59 Å². The lowest BCUT2D eigenvalue weighted by atomic mass is 10.2. The molecule has 2 aromatic carbocycles. The predicted molar refractivity (Wildman–Crippen MR) is 111 cm³/mol. The van der Waals surface area contributed by atoms with Gasteiger partial charge in [0.1, 0.15) is 0 Å². The van der Waals surface area contributed by atoms with Gasteiger partial charge < -0.3 is 10.6 Å². The maximum Gasteiger partial charge on any atom is 0.228 e. The first-order valence-corrected chi connectivity index (χ1v) is 11.6. The highest BCUT2D eigenvalue weighted by molar-refractivity contribution is 7.99. The van der Waals surface area contributed by atoms with Crippen LogP contribution in [-0.2, 0) is 19.4 Å². The van der Waals surface area contributed by atoms with E-state index < -0.39 is 9.84 Å². The first kappa shape index (κ1) is 20.4. The Morgan fingerprint density at radius 1 is 1.25 bits per heavy atom. The number of benzene rings is 2. The molecule has 0 spiro atoms. The van der Waals surface area contributed by atoms with Gasteiger partial charge >= 0.3 is 0 Å². The molecule has 1 aliphatic heterocycles. The average molecular weight is 419 g/mol. The maximum atomic E-state index is 12.7. The van der Waals surface area contributed by atoms with E-state index >= 15 is 0 Å². The number of fused-ring (bicyclic) bond motifs is 1. The average Bonchev–Trinajstić information content (AvgIpc) is 2.78. The first-order valence-electron chi connectivity index (χ1n) is 8.91. The SMILES string of the molecule is Cc1cccc(NC(=O)CCS(=O)(=O)c2ccc3c(c2)NC(=O)C(C)CS3)c1. The van der Waals surface area contributed by atoms with Crippen LogP contribution >= 0.6 is 11.8 Å². The van der Waals surface area contributed by atoms with Crippen molar-refractivity contribution in [2.45, 2.75) is 30.1 Å². The van der Waals surface area contributed by atoms with Crippen LogP contribution in [0.5, 0.6) is 0 Å². The molecule has 1 atom stereocenters. The quantitative estimate of drug-likeness (QED) is 0.776. The number of sulfone groups is 1. The van der Waals surface area contributed by atoms with Crippen LogP contribution in [0.15, 0.2) is 52.3 Å². The zero-order valence-electron chi connectivity index (χ0n) is 15.7. The molecule has 148 valence electrons. The van der Waals surface area contributed by atoms with Gasteiger partial charge in [-0.15, -0.1) is 11.8 Å². The number of hydrogen-bond acceptors (Lipinski definition) is 5. The standard InChI is InChI=1S/C20H22N2O4S2/c1-13-4-3-5-15(10-13)21-19(23)8-9-28(25,26)16-6-7-18-17(11-16)22-20(24)14(2)12-27-18/h3-7,10-11,14H,8-9,12H2,1-2H3,(H,21,23)(H,22,24). The first-order chi connectivity index (χ1) is 13.2. The van der Waals surface area contributed by atoms with Gasteiger partial charge in [-0.2, -0.15) is 0 Å². The molecular formula is C20H22N2O4S2. The fourth-order valence-corrected chi connectivity index (χ4v) is 5.04. The van der Waals surface area contributed by atoms with E-state index in [0.29, 0.717) is 17.1 Å². The van der Waals surface area contributed by atoms with Gasteiger partial charge in [-0.25, -0.2) is 8.42 Å². The van der Waals surface area contributed by atoms with Crippen molar-refractivity contribution in [1.82, 2.24) is 0 Å². The van der Waals surface area contributed by atoms with Gasteiger partial charge in [-0.1, -0.05) is 19.1 Å². The minimum Gasteiger partial charge on any atom is -0.326 e. The molecule has 1 unspecified atom stereocenters. The summed E-state index contributed by atoms with van der Waals surface area (Å²) in [5, 5.41) is 5.50. The number of hydrogen-bond donors (Lipinski definition) is 2. The third-order valence-corrected chi connectivity index (χ3v) is 7.45. The zero-order chi connectivity index (χ0) is 20.3. The molecule has 0 aromatic heterocycles. The monoisotopic (exact) mass is 418 g/mol. The minimum atomic E-state index is -3.65. The van der Waals surface area contributed by atoms with Crippen LogP contribution in [0.2, 0.25) is 0 Å². The molecule has 2 amide bonds. The molecule has 0 saturated carbocycles. The van der Waals surface area contributed by atoms with Gasteiger partial charge in [0.05, 0.1) is 16.3 Å². The van der Waals surface area contributed by atoms with Crippen molar-refractivity contribution < 1.29 is 18.0 Å². The van der Waals surface area contributed by atoms with Crippen molar-refractivity contribution in [3.63, 3.8) is 0 Å². The lowest BCUT2D eigenvalue weighted by molar-refractivity contribution is -0.118. The van der Waals surface area contributed by atoms with E-state index in [2.05, 4.69) is 10.6 Å². The lowest BCUT2D eigenvalue weighted by Gasteiger charge is -2.10. The summed E-state index contributed by atoms with van der Waals surface area (Å²) in [6, 6.07) is 12.0. The van der Waals surface area contributed by atoms with Crippen molar-refractivity contribution in [3.05, 3.63) is 48.0 Å². The van der Waals surface area contributed by atoms with Gasteiger partial charge in [-0.05, 0) is 42.8 Å². The van der Waals surface area contributed by atoms with Gasteiger partial charge in [0.25, 0.3) is 0 Å². The molecule has 2 N–H and O–H groups in total. The van der Waals surface area contributed by atoms with Crippen LogP contribution < -0.4 is 10.6 Å². The number of carbonyl (C=O) groups is 2. The van der Waals surface area contributed by atoms with Crippen LogP contribution in [0, 0.1) is 12.8 Å². The van der Waals surface area contributed by atoms with Gasteiger partial charge in [0.2, 0.25) is 11.8 Å². The maximum absolute atomic E-state index is 12.7. The topological polar surface area (TPSA) is 92.3 Å². The molecular weight excluding hydrogens is 396 g/mol. The predicted octanol–water partition coefficient (Wildman–Crippen LogP) is 3.48. The number of nitrogens with one attached hydrogen (secondary N) is 2. The molecule has 0 aliphatic carbocycles. The van der Waals surface area contributed by atoms with Crippen molar-refractivity contribution in [2.24, 2.45) is 5.92 Å². The summed E-state index contributed by atoms with van der Waals surface area (Å²) in [6.07, 6.45) is -0.147. The zero-order valence-corrected chi connectivity index (χ0v) is 17.3. The fraction of sp³-hybridized carbons (Fsp3) is 0.300. The molecule has 0 radical (unpaired) electrons. The second-order valence-electron chi connectivity index (χ2n) is 6.85. The Balaban J connectivity index is 1.68. The number of carbonyl (C=O) groups excluding carboxylic acids is 2. The van der Waals surface area contributed by atoms with Gasteiger partial charge in [0, 0.05) is 28.7 Å². The number of aryl methyl sites for hydroxylation is 1. The Morgan fingerprint density at radius 3 is 2.79 bits per heavy atom. The summed E-state index contributed by atoms with van der Waals surface area (Å²) in [6.45, 7) is 3.75. The van der Waals surface area contributed by atoms with E-state index in [1.165, 1.54) is 23.9 Å². The van der Waals surface area contributed by atoms with Crippen LogP contribution in [-0.4, -0.2) is 31.7 Å². The molecule has 0 fully saturated rings. The Kier molecular flexibility index (Phi) is 6.10. The molecule has 8 heteroatoms. The van der Waals surface area contributed by atoms with Crippen molar-refractivity contribution in [2.75, 3.05) is 22.1 Å². The number of thioether (sulfide) groups is 1. The van der Waals surface area contributed by atoms with Crippen molar-refractivity contribution >= 4 is 44.8 Å². The molecule has 0 bridgehead atoms. The summed E-state index contributed by atoms with van der Waals surface area (Å²) in [5.41, 5.74) is 2.15. The molecule has 28 heavy (non-hydrogen) atoms. The van der Waals surface area contributed by atoms with Crippen LogP contribution in [0.1, 0.15) is 18.9 Å². The number of anilines is 2.